The summed E-state index contributed by atoms with van der Waals surface area (Å²) in [6.07, 6.45) is 5.83. The molecule has 0 amide bonds. The summed E-state index contributed by atoms with van der Waals surface area (Å²) in [5.74, 6) is -0.512. The van der Waals surface area contributed by atoms with Gasteiger partial charge in [0.2, 0.25) is 0 Å². The number of Topliss-reactive ketones (excluding diaryl/α,β-unsaturated/α-hetero) is 2. The summed E-state index contributed by atoms with van der Waals surface area (Å²) < 4.78 is 0. The number of nitrogens with zero attached hydrogens (tertiary/aromatic N) is 1. The van der Waals surface area contributed by atoms with E-state index in [0.717, 1.165) is 0 Å². The Bertz CT molecular complexity index is 677. The molecule has 1 atom stereocenters. The van der Waals surface area contributed by atoms with Crippen molar-refractivity contribution in [2.45, 2.75) is 6.10 Å². The summed E-state index contributed by atoms with van der Waals surface area (Å²) in [7, 11) is 0. The van der Waals surface area contributed by atoms with Crippen molar-refractivity contribution in [3.05, 3.63) is 71.1 Å². The zero-order chi connectivity index (χ0) is 15.7. The smallest absolute Gasteiger partial charge is 0.198 e. The van der Waals surface area contributed by atoms with Gasteiger partial charge in [-0.25, -0.2) is 0 Å². The van der Waals surface area contributed by atoms with Gasteiger partial charge in [0.1, 0.15) is 0 Å². The molecule has 0 spiro atoms. The molecule has 1 heterocycles. The molecule has 0 fully saturated rings. The molecule has 0 bridgehead atoms. The van der Waals surface area contributed by atoms with Crippen LogP contribution in [0.2, 0.25) is 0 Å². The minimum atomic E-state index is -0.845. The fourth-order valence-electron chi connectivity index (χ4n) is 2.56. The van der Waals surface area contributed by atoms with Crippen LogP contribution in [0, 0.1) is 0 Å². The fraction of sp³-hybridized carbons (Fsp3) is 0.176. The number of β-amino-alcohol motifs (C(OH)–C–C–N with tert-alkyl or cyclic N) is 1. The molecule has 1 unspecified atom stereocenters. The second kappa shape index (κ2) is 5.71. The third-order valence-corrected chi connectivity index (χ3v) is 3.68. The maximum absolute atomic E-state index is 12.4. The van der Waals surface area contributed by atoms with Crippen molar-refractivity contribution in [3.8, 4) is 0 Å². The maximum Gasteiger partial charge on any atom is 0.198 e. The van der Waals surface area contributed by atoms with Gasteiger partial charge in [-0.1, -0.05) is 24.3 Å². The quantitative estimate of drug-likeness (QED) is 0.644. The fourth-order valence-corrected chi connectivity index (χ4v) is 2.56. The van der Waals surface area contributed by atoms with Crippen LogP contribution in [-0.4, -0.2) is 45.9 Å². The van der Waals surface area contributed by atoms with Crippen LogP contribution in [0.1, 0.15) is 20.7 Å². The van der Waals surface area contributed by atoms with Crippen molar-refractivity contribution in [1.82, 2.24) is 4.90 Å². The Morgan fingerprint density at radius 2 is 1.55 bits per heavy atom. The number of benzene rings is 1. The molecule has 5 nitrogen and oxygen atoms in total. The van der Waals surface area contributed by atoms with Crippen LogP contribution in [0.4, 0.5) is 0 Å². The highest BCUT2D eigenvalue weighted by Crippen LogP contribution is 2.30. The molecule has 2 aliphatic rings. The van der Waals surface area contributed by atoms with Gasteiger partial charge < -0.3 is 15.1 Å². The van der Waals surface area contributed by atoms with E-state index in [1.54, 1.807) is 53.7 Å². The molecule has 1 aromatic carbocycles. The molecule has 0 aromatic heterocycles. The standard InChI is InChI=1S/C17H15NO4/c19-10-12(20)9-18-7-5-11(6-8-18)15-16(21)13-3-1-2-4-14(13)17(15)22/h1-8,12,19-20H,9-10H2. The summed E-state index contributed by atoms with van der Waals surface area (Å²) >= 11 is 0. The second-order valence-electron chi connectivity index (χ2n) is 5.20. The van der Waals surface area contributed by atoms with Gasteiger partial charge in [-0.15, -0.1) is 0 Å². The van der Waals surface area contributed by atoms with Gasteiger partial charge in [-0.2, -0.15) is 0 Å². The monoisotopic (exact) mass is 297 g/mol. The van der Waals surface area contributed by atoms with Gasteiger partial charge in [0.05, 0.1) is 24.8 Å². The van der Waals surface area contributed by atoms with Gasteiger partial charge in [-0.05, 0) is 17.7 Å². The number of aliphatic hydroxyl groups excluding tert-OH is 2. The third kappa shape index (κ3) is 2.41. The number of carbonyl (C=O) groups excluding carboxylic acids is 2. The molecule has 0 saturated heterocycles. The Balaban J connectivity index is 1.88. The molecule has 5 heteroatoms. The van der Waals surface area contributed by atoms with Crippen molar-refractivity contribution in [1.29, 1.82) is 0 Å². The summed E-state index contributed by atoms with van der Waals surface area (Å²) in [5, 5.41) is 18.2. The number of carbonyl (C=O) groups is 2. The minimum absolute atomic E-state index is 0.177. The van der Waals surface area contributed by atoms with Crippen LogP contribution in [0.25, 0.3) is 0 Å². The van der Waals surface area contributed by atoms with Gasteiger partial charge in [0.25, 0.3) is 0 Å². The number of hydrogen-bond donors (Lipinski definition) is 2. The van der Waals surface area contributed by atoms with Gasteiger partial charge in [-0.3, -0.25) is 9.59 Å². The van der Waals surface area contributed by atoms with Gasteiger partial charge in [0, 0.05) is 23.5 Å². The zero-order valence-corrected chi connectivity index (χ0v) is 11.8. The van der Waals surface area contributed by atoms with Crippen LogP contribution in [0.5, 0.6) is 0 Å². The average Bonchev–Trinajstić information content (AvgIpc) is 2.80. The maximum atomic E-state index is 12.4. The van der Waals surface area contributed by atoms with Crippen LogP contribution in [-0.2, 0) is 0 Å². The Morgan fingerprint density at radius 3 is 2.05 bits per heavy atom. The topological polar surface area (TPSA) is 77.8 Å². The second-order valence-corrected chi connectivity index (χ2v) is 5.20. The molecule has 112 valence electrons. The van der Waals surface area contributed by atoms with E-state index in [-0.39, 0.29) is 30.3 Å². The first-order chi connectivity index (χ1) is 10.6. The van der Waals surface area contributed by atoms with Crippen molar-refractivity contribution < 1.29 is 19.8 Å². The predicted molar refractivity (Wildman–Crippen MR) is 80.2 cm³/mol. The molecule has 0 saturated carbocycles. The molecule has 2 N–H and O–H groups in total. The molecule has 0 radical (unpaired) electrons. The van der Waals surface area contributed by atoms with E-state index >= 15 is 0 Å². The molecule has 1 aliphatic heterocycles. The summed E-state index contributed by atoms with van der Waals surface area (Å²) in [5.41, 5.74) is 1.61. The van der Waals surface area contributed by atoms with Crippen LogP contribution in [0.15, 0.2) is 60.0 Å². The number of fused-ring (bicyclic) bond motifs is 1. The summed E-state index contributed by atoms with van der Waals surface area (Å²) in [6, 6.07) is 6.79. The van der Waals surface area contributed by atoms with E-state index in [4.69, 9.17) is 5.11 Å². The Labute approximate surface area is 127 Å². The molecule has 22 heavy (non-hydrogen) atoms. The van der Waals surface area contributed by atoms with Crippen LogP contribution < -0.4 is 0 Å². The highest BCUT2D eigenvalue weighted by molar-refractivity contribution is 6.40. The van der Waals surface area contributed by atoms with Crippen molar-refractivity contribution >= 4 is 11.6 Å². The number of ketones is 2. The van der Waals surface area contributed by atoms with Gasteiger partial charge in [0.15, 0.2) is 11.6 Å². The first kappa shape index (κ1) is 14.4. The van der Waals surface area contributed by atoms with E-state index in [0.29, 0.717) is 16.7 Å². The van der Waals surface area contributed by atoms with Crippen molar-refractivity contribution in [2.24, 2.45) is 0 Å². The molecule has 1 aliphatic carbocycles. The Kier molecular flexibility index (Phi) is 3.75. The SMILES string of the molecule is O=C1C(=C2C=CN(CC(O)CO)C=C2)C(=O)c2ccccc21. The Hall–Kier alpha value is -2.50. The highest BCUT2D eigenvalue weighted by Gasteiger charge is 2.34. The van der Waals surface area contributed by atoms with Crippen molar-refractivity contribution in [3.63, 3.8) is 0 Å². The number of allylic oxidation sites excluding steroid dienone is 4. The molecular formula is C17H15NO4. The molecule has 3 rings (SSSR count). The highest BCUT2D eigenvalue weighted by atomic mass is 16.3. The zero-order valence-electron chi connectivity index (χ0n) is 11.8. The average molecular weight is 297 g/mol. The summed E-state index contributed by atoms with van der Waals surface area (Å²) in [6.45, 7) is -0.0767. The van der Waals surface area contributed by atoms with E-state index in [2.05, 4.69) is 0 Å². The minimum Gasteiger partial charge on any atom is -0.394 e. The molecule has 1 aromatic rings. The van der Waals surface area contributed by atoms with Crippen LogP contribution >= 0.6 is 0 Å². The van der Waals surface area contributed by atoms with E-state index in [1.807, 2.05) is 0 Å². The normalized spacial score (nSPS) is 18.2. The van der Waals surface area contributed by atoms with E-state index < -0.39 is 6.10 Å². The molecular weight excluding hydrogens is 282 g/mol. The third-order valence-electron chi connectivity index (χ3n) is 3.68. The van der Waals surface area contributed by atoms with Gasteiger partial charge >= 0.3 is 0 Å². The van der Waals surface area contributed by atoms with E-state index in [9.17, 15) is 14.7 Å². The lowest BCUT2D eigenvalue weighted by atomic mass is 10.0. The number of aliphatic hydroxyl groups is 2. The lowest BCUT2D eigenvalue weighted by Gasteiger charge is -2.21. The number of rotatable bonds is 3. The van der Waals surface area contributed by atoms with Crippen molar-refractivity contribution in [2.75, 3.05) is 13.2 Å². The Morgan fingerprint density at radius 1 is 1.00 bits per heavy atom. The largest absolute Gasteiger partial charge is 0.394 e. The first-order valence-corrected chi connectivity index (χ1v) is 6.95. The lowest BCUT2D eigenvalue weighted by molar-refractivity contribution is 0.0802. The van der Waals surface area contributed by atoms with Crippen LogP contribution in [0.3, 0.4) is 0 Å². The lowest BCUT2D eigenvalue weighted by Crippen LogP contribution is -2.28. The van der Waals surface area contributed by atoms with E-state index in [1.165, 1.54) is 0 Å². The first-order valence-electron chi connectivity index (χ1n) is 6.95. The summed E-state index contributed by atoms with van der Waals surface area (Å²) in [4.78, 5) is 26.4. The number of hydrogen-bond acceptors (Lipinski definition) is 5. The predicted octanol–water partition coefficient (Wildman–Crippen LogP) is 1.06.